The first-order valence-electron chi connectivity index (χ1n) is 6.76. The summed E-state index contributed by atoms with van der Waals surface area (Å²) >= 11 is 1.67. The first-order valence-corrected chi connectivity index (χ1v) is 7.64. The van der Waals surface area contributed by atoms with E-state index in [0.29, 0.717) is 0 Å². The molecule has 0 saturated carbocycles. The van der Waals surface area contributed by atoms with E-state index in [4.69, 9.17) is 5.73 Å². The maximum absolute atomic E-state index is 5.83. The first kappa shape index (κ1) is 13.9. The molecule has 1 unspecified atom stereocenters. The molecule has 1 aliphatic heterocycles. The predicted molar refractivity (Wildman–Crippen MR) is 76.7 cm³/mol. The Bertz CT molecular complexity index is 358. The highest BCUT2D eigenvalue weighted by Gasteiger charge is 2.12. The normalized spacial score (nSPS) is 18.7. The topological polar surface area (TPSA) is 45.4 Å². The zero-order valence-corrected chi connectivity index (χ0v) is 12.2. The molecule has 0 spiro atoms. The number of nitrogens with zero attached hydrogens (tertiary/aromatic N) is 3. The van der Waals surface area contributed by atoms with E-state index in [2.05, 4.69) is 27.2 Å². The number of nitrogens with two attached hydrogens (primary N) is 1. The van der Waals surface area contributed by atoms with Crippen LogP contribution in [-0.2, 0) is 6.54 Å². The Balaban J connectivity index is 1.73. The van der Waals surface area contributed by atoms with Crippen molar-refractivity contribution < 1.29 is 0 Å². The van der Waals surface area contributed by atoms with Crippen LogP contribution in [0.4, 0.5) is 0 Å². The molecule has 102 valence electrons. The van der Waals surface area contributed by atoms with E-state index in [1.807, 2.05) is 6.92 Å². The lowest BCUT2D eigenvalue weighted by Crippen LogP contribution is -2.31. The molecule has 1 saturated heterocycles. The van der Waals surface area contributed by atoms with E-state index < -0.39 is 0 Å². The average molecular weight is 268 g/mol. The Labute approximate surface area is 114 Å². The van der Waals surface area contributed by atoms with Gasteiger partial charge < -0.3 is 10.6 Å². The second-order valence-electron chi connectivity index (χ2n) is 5.25. The number of thiazole rings is 1. The third-order valence-corrected chi connectivity index (χ3v) is 4.48. The number of hydrogen-bond acceptors (Lipinski definition) is 5. The van der Waals surface area contributed by atoms with Gasteiger partial charge >= 0.3 is 0 Å². The molecular formula is C13H24N4S. The van der Waals surface area contributed by atoms with Gasteiger partial charge in [0.2, 0.25) is 0 Å². The molecule has 0 aliphatic carbocycles. The maximum atomic E-state index is 5.83. The molecule has 1 atom stereocenters. The van der Waals surface area contributed by atoms with Gasteiger partial charge in [-0.15, -0.1) is 11.3 Å². The molecule has 1 aromatic heterocycles. The van der Waals surface area contributed by atoms with Crippen LogP contribution in [0.1, 0.15) is 36.5 Å². The summed E-state index contributed by atoms with van der Waals surface area (Å²) in [4.78, 5) is 9.46. The minimum atomic E-state index is 0.0543. The van der Waals surface area contributed by atoms with Gasteiger partial charge in [-0.1, -0.05) is 0 Å². The second-order valence-corrected chi connectivity index (χ2v) is 6.14. The van der Waals surface area contributed by atoms with Gasteiger partial charge in [0.1, 0.15) is 5.01 Å². The van der Waals surface area contributed by atoms with E-state index in [0.717, 1.165) is 23.8 Å². The van der Waals surface area contributed by atoms with Crippen molar-refractivity contribution in [1.82, 2.24) is 14.8 Å². The summed E-state index contributed by atoms with van der Waals surface area (Å²) in [6.07, 6.45) is 2.74. The molecule has 0 radical (unpaired) electrons. The minimum absolute atomic E-state index is 0.0543. The van der Waals surface area contributed by atoms with Crippen molar-refractivity contribution in [3.05, 3.63) is 16.1 Å². The largest absolute Gasteiger partial charge is 0.322 e. The predicted octanol–water partition coefficient (Wildman–Crippen LogP) is 1.69. The van der Waals surface area contributed by atoms with Crippen LogP contribution in [0.15, 0.2) is 5.38 Å². The van der Waals surface area contributed by atoms with Gasteiger partial charge in [-0.25, -0.2) is 4.98 Å². The Kier molecular flexibility index (Phi) is 5.12. The van der Waals surface area contributed by atoms with E-state index in [1.165, 1.54) is 32.5 Å². The lowest BCUT2D eigenvalue weighted by molar-refractivity contribution is 0.251. The van der Waals surface area contributed by atoms with Crippen molar-refractivity contribution in [2.45, 2.75) is 32.4 Å². The lowest BCUT2D eigenvalue weighted by atomic mass is 10.4. The molecule has 2 N–H and O–H groups in total. The third-order valence-electron chi connectivity index (χ3n) is 3.39. The van der Waals surface area contributed by atoms with Crippen LogP contribution in [0.25, 0.3) is 0 Å². The summed E-state index contributed by atoms with van der Waals surface area (Å²) in [5, 5.41) is 3.17. The zero-order chi connectivity index (χ0) is 13.0. The highest BCUT2D eigenvalue weighted by Crippen LogP contribution is 2.16. The summed E-state index contributed by atoms with van der Waals surface area (Å²) in [5.74, 6) is 0. The molecule has 2 heterocycles. The Morgan fingerprint density at radius 2 is 2.22 bits per heavy atom. The van der Waals surface area contributed by atoms with Crippen LogP contribution >= 0.6 is 11.3 Å². The van der Waals surface area contributed by atoms with Crippen LogP contribution in [-0.4, -0.2) is 48.0 Å². The van der Waals surface area contributed by atoms with Crippen molar-refractivity contribution >= 4 is 11.3 Å². The number of rotatable bonds is 6. The molecule has 0 bridgehead atoms. The summed E-state index contributed by atoms with van der Waals surface area (Å²) in [6, 6.07) is 0.0543. The average Bonchev–Trinajstić information content (AvgIpc) is 2.96. The Morgan fingerprint density at radius 3 is 2.83 bits per heavy atom. The van der Waals surface area contributed by atoms with Crippen molar-refractivity contribution in [2.75, 3.05) is 33.2 Å². The molecule has 1 aromatic rings. The molecule has 5 heteroatoms. The van der Waals surface area contributed by atoms with Crippen LogP contribution in [0.3, 0.4) is 0 Å². The van der Waals surface area contributed by atoms with E-state index in [-0.39, 0.29) is 6.04 Å². The lowest BCUT2D eigenvalue weighted by Gasteiger charge is -2.20. The summed E-state index contributed by atoms with van der Waals surface area (Å²) < 4.78 is 0. The van der Waals surface area contributed by atoms with Gasteiger partial charge in [-0.2, -0.15) is 0 Å². The monoisotopic (exact) mass is 268 g/mol. The smallest absolute Gasteiger partial charge is 0.109 e. The second kappa shape index (κ2) is 6.61. The summed E-state index contributed by atoms with van der Waals surface area (Å²) in [7, 11) is 2.17. The summed E-state index contributed by atoms with van der Waals surface area (Å²) in [6.45, 7) is 7.77. The van der Waals surface area contributed by atoms with Gasteiger partial charge in [0.05, 0.1) is 11.7 Å². The Hall–Kier alpha value is -0.490. The van der Waals surface area contributed by atoms with Crippen molar-refractivity contribution in [3.63, 3.8) is 0 Å². The first-order chi connectivity index (χ1) is 8.65. The molecule has 0 aromatic carbocycles. The van der Waals surface area contributed by atoms with Crippen LogP contribution in [0, 0.1) is 0 Å². The fourth-order valence-electron chi connectivity index (χ4n) is 2.28. The molecule has 18 heavy (non-hydrogen) atoms. The maximum Gasteiger partial charge on any atom is 0.109 e. The van der Waals surface area contributed by atoms with Crippen molar-refractivity contribution in [2.24, 2.45) is 5.73 Å². The molecule has 4 nitrogen and oxygen atoms in total. The number of likely N-dealkylation sites (N-methyl/N-ethyl adjacent to an activating group) is 1. The van der Waals surface area contributed by atoms with Crippen molar-refractivity contribution in [3.8, 4) is 0 Å². The van der Waals surface area contributed by atoms with Gasteiger partial charge in [0.25, 0.3) is 0 Å². The molecule has 1 aliphatic rings. The van der Waals surface area contributed by atoms with Gasteiger partial charge in [0, 0.05) is 25.0 Å². The standard InChI is InChI=1S/C13H24N4S/c1-11(14)13-15-12(10-18-13)9-16(2)7-8-17-5-3-4-6-17/h10-11H,3-9,14H2,1-2H3. The molecule has 1 fully saturated rings. The fraction of sp³-hybridized carbons (Fsp3) is 0.769. The quantitative estimate of drug-likeness (QED) is 0.853. The van der Waals surface area contributed by atoms with Gasteiger partial charge in [-0.05, 0) is 39.9 Å². The van der Waals surface area contributed by atoms with Crippen LogP contribution < -0.4 is 5.73 Å². The number of aromatic nitrogens is 1. The highest BCUT2D eigenvalue weighted by molar-refractivity contribution is 7.09. The van der Waals surface area contributed by atoms with Gasteiger partial charge in [-0.3, -0.25) is 4.90 Å². The number of hydrogen-bond donors (Lipinski definition) is 1. The Morgan fingerprint density at radius 1 is 1.50 bits per heavy atom. The van der Waals surface area contributed by atoms with Crippen molar-refractivity contribution in [1.29, 1.82) is 0 Å². The van der Waals surface area contributed by atoms with E-state index in [9.17, 15) is 0 Å². The third kappa shape index (κ3) is 4.02. The van der Waals surface area contributed by atoms with Crippen LogP contribution in [0.2, 0.25) is 0 Å². The summed E-state index contributed by atoms with van der Waals surface area (Å²) in [5.41, 5.74) is 6.98. The van der Waals surface area contributed by atoms with E-state index >= 15 is 0 Å². The molecule has 2 rings (SSSR count). The zero-order valence-electron chi connectivity index (χ0n) is 11.4. The fourth-order valence-corrected chi connectivity index (χ4v) is 3.05. The van der Waals surface area contributed by atoms with Crippen LogP contribution in [0.5, 0.6) is 0 Å². The van der Waals surface area contributed by atoms with E-state index in [1.54, 1.807) is 11.3 Å². The molecule has 0 amide bonds. The number of likely N-dealkylation sites (tertiary alicyclic amines) is 1. The molecular weight excluding hydrogens is 244 g/mol. The van der Waals surface area contributed by atoms with Gasteiger partial charge in [0.15, 0.2) is 0 Å². The minimum Gasteiger partial charge on any atom is -0.322 e. The SMILES string of the molecule is CC(N)c1nc(CN(C)CCN2CCCC2)cs1. The highest BCUT2D eigenvalue weighted by atomic mass is 32.1.